The number of nitrogens with two attached hydrogens (primary N) is 1. The molecule has 4 heteroatoms. The Balaban J connectivity index is 1.79. The molecule has 0 saturated heterocycles. The largest absolute Gasteiger partial charge is 0.331 e. The molecule has 0 heterocycles. The molecule has 0 aromatic heterocycles. The molecule has 2 aromatic carbocycles. The van der Waals surface area contributed by atoms with Crippen LogP contribution in [0.1, 0.15) is 34.3 Å². The van der Waals surface area contributed by atoms with Gasteiger partial charge in [0.2, 0.25) is 0 Å². The van der Waals surface area contributed by atoms with Gasteiger partial charge in [-0.1, -0.05) is 24.3 Å². The molecule has 0 spiro atoms. The summed E-state index contributed by atoms with van der Waals surface area (Å²) in [5.41, 5.74) is 8.05. The van der Waals surface area contributed by atoms with Crippen LogP contribution in [-0.4, -0.2) is 16.8 Å². The number of carbonyl (C=O) groups excluding carboxylic acids is 1. The van der Waals surface area contributed by atoms with Gasteiger partial charge in [-0.2, -0.15) is 0 Å². The van der Waals surface area contributed by atoms with Crippen molar-refractivity contribution in [3.63, 3.8) is 0 Å². The third-order valence-corrected chi connectivity index (χ3v) is 3.93. The Morgan fingerprint density at radius 2 is 1.86 bits per heavy atom. The molecule has 114 valence electrons. The normalized spacial score (nSPS) is 13.9. The van der Waals surface area contributed by atoms with Gasteiger partial charge in [0.15, 0.2) is 0 Å². The number of halogens is 1. The molecular weight excluding hydrogens is 279 g/mol. The monoisotopic (exact) mass is 298 g/mol. The average Bonchev–Trinajstić information content (AvgIpc) is 3.37. The molecular formula is C18H19FN2O. The van der Waals surface area contributed by atoms with Gasteiger partial charge >= 0.3 is 0 Å². The molecule has 1 aliphatic rings. The van der Waals surface area contributed by atoms with E-state index in [9.17, 15) is 9.18 Å². The molecule has 0 unspecified atom stereocenters. The van der Waals surface area contributed by atoms with Crippen molar-refractivity contribution in [3.8, 4) is 0 Å². The number of amides is 1. The van der Waals surface area contributed by atoms with Crippen molar-refractivity contribution in [1.82, 2.24) is 4.90 Å². The number of hydrogen-bond acceptors (Lipinski definition) is 2. The van der Waals surface area contributed by atoms with E-state index in [1.54, 1.807) is 6.07 Å². The highest BCUT2D eigenvalue weighted by Crippen LogP contribution is 2.30. The Kier molecular flexibility index (Phi) is 4.20. The summed E-state index contributed by atoms with van der Waals surface area (Å²) in [7, 11) is 0. The third-order valence-electron chi connectivity index (χ3n) is 3.93. The van der Waals surface area contributed by atoms with E-state index >= 15 is 0 Å². The molecule has 2 aromatic rings. The predicted octanol–water partition coefficient (Wildman–Crippen LogP) is 3.09. The number of nitrogens with zero attached hydrogens (tertiary/aromatic N) is 1. The average molecular weight is 298 g/mol. The van der Waals surface area contributed by atoms with Gasteiger partial charge in [0.25, 0.3) is 5.91 Å². The van der Waals surface area contributed by atoms with E-state index in [0.29, 0.717) is 18.7 Å². The van der Waals surface area contributed by atoms with E-state index in [4.69, 9.17) is 5.73 Å². The van der Waals surface area contributed by atoms with Gasteiger partial charge < -0.3 is 10.6 Å². The number of rotatable bonds is 5. The maximum atomic E-state index is 13.3. The first-order valence-corrected chi connectivity index (χ1v) is 7.52. The Bertz CT molecular complexity index is 665. The van der Waals surface area contributed by atoms with Crippen LogP contribution >= 0.6 is 0 Å². The summed E-state index contributed by atoms with van der Waals surface area (Å²) in [6.45, 7) is 0.907. The summed E-state index contributed by atoms with van der Waals surface area (Å²) in [4.78, 5) is 14.6. The molecule has 0 bridgehead atoms. The Labute approximate surface area is 129 Å². The van der Waals surface area contributed by atoms with Crippen LogP contribution in [-0.2, 0) is 13.1 Å². The van der Waals surface area contributed by atoms with Crippen molar-refractivity contribution < 1.29 is 9.18 Å². The maximum Gasteiger partial charge on any atom is 0.254 e. The summed E-state index contributed by atoms with van der Waals surface area (Å²) in [5.74, 6) is -0.275. The highest BCUT2D eigenvalue weighted by molar-refractivity contribution is 5.94. The summed E-state index contributed by atoms with van der Waals surface area (Å²) in [6.07, 6.45) is 2.03. The molecule has 1 amide bonds. The summed E-state index contributed by atoms with van der Waals surface area (Å²) >= 11 is 0. The highest BCUT2D eigenvalue weighted by atomic mass is 19.1. The van der Waals surface area contributed by atoms with Crippen molar-refractivity contribution in [3.05, 3.63) is 71.0 Å². The lowest BCUT2D eigenvalue weighted by Crippen LogP contribution is -2.32. The summed E-state index contributed by atoms with van der Waals surface area (Å²) in [6, 6.07) is 14.1. The molecule has 1 saturated carbocycles. The molecule has 3 nitrogen and oxygen atoms in total. The van der Waals surface area contributed by atoms with Crippen LogP contribution < -0.4 is 5.73 Å². The van der Waals surface area contributed by atoms with Crippen LogP contribution in [0.2, 0.25) is 0 Å². The van der Waals surface area contributed by atoms with Crippen LogP contribution in [0.5, 0.6) is 0 Å². The lowest BCUT2D eigenvalue weighted by atomic mass is 10.1. The van der Waals surface area contributed by atoms with Gasteiger partial charge in [0.1, 0.15) is 5.82 Å². The molecule has 22 heavy (non-hydrogen) atoms. The second-order valence-electron chi connectivity index (χ2n) is 5.70. The zero-order valence-corrected chi connectivity index (χ0v) is 12.3. The quantitative estimate of drug-likeness (QED) is 0.922. The van der Waals surface area contributed by atoms with E-state index < -0.39 is 0 Å². The van der Waals surface area contributed by atoms with E-state index in [0.717, 1.165) is 24.0 Å². The SMILES string of the molecule is NCc1ccc(C(=O)N(Cc2cccc(F)c2)C2CC2)cc1. The fourth-order valence-electron chi connectivity index (χ4n) is 2.53. The number of benzene rings is 2. The third kappa shape index (κ3) is 3.34. The van der Waals surface area contributed by atoms with Crippen molar-refractivity contribution >= 4 is 5.91 Å². The predicted molar refractivity (Wildman–Crippen MR) is 83.6 cm³/mol. The highest BCUT2D eigenvalue weighted by Gasteiger charge is 2.33. The minimum atomic E-state index is -0.270. The van der Waals surface area contributed by atoms with E-state index in [1.165, 1.54) is 12.1 Å². The minimum Gasteiger partial charge on any atom is -0.331 e. The zero-order chi connectivity index (χ0) is 15.5. The van der Waals surface area contributed by atoms with Gasteiger partial charge in [-0.25, -0.2) is 4.39 Å². The standard InChI is InChI=1S/C18H19FN2O/c19-16-3-1-2-14(10-16)12-21(17-8-9-17)18(22)15-6-4-13(11-20)5-7-15/h1-7,10,17H,8-9,11-12,20H2. The lowest BCUT2D eigenvalue weighted by Gasteiger charge is -2.23. The molecule has 3 rings (SSSR count). The van der Waals surface area contributed by atoms with Crippen molar-refractivity contribution in [1.29, 1.82) is 0 Å². The van der Waals surface area contributed by atoms with E-state index in [1.807, 2.05) is 35.2 Å². The molecule has 0 radical (unpaired) electrons. The van der Waals surface area contributed by atoms with Crippen molar-refractivity contribution in [2.45, 2.75) is 32.0 Å². The van der Waals surface area contributed by atoms with Crippen LogP contribution in [0.4, 0.5) is 4.39 Å². The van der Waals surface area contributed by atoms with Crippen LogP contribution in [0.3, 0.4) is 0 Å². The number of hydrogen-bond donors (Lipinski definition) is 1. The number of carbonyl (C=O) groups is 1. The Morgan fingerprint density at radius 3 is 2.45 bits per heavy atom. The fourth-order valence-corrected chi connectivity index (χ4v) is 2.53. The molecule has 1 aliphatic carbocycles. The first kappa shape index (κ1) is 14.7. The Morgan fingerprint density at radius 1 is 1.14 bits per heavy atom. The first-order chi connectivity index (χ1) is 10.7. The van der Waals surface area contributed by atoms with Crippen molar-refractivity contribution in [2.24, 2.45) is 5.73 Å². The zero-order valence-electron chi connectivity index (χ0n) is 12.3. The molecule has 0 atom stereocenters. The smallest absolute Gasteiger partial charge is 0.254 e. The van der Waals surface area contributed by atoms with Gasteiger partial charge in [-0.05, 0) is 48.2 Å². The molecule has 2 N–H and O–H groups in total. The summed E-state index contributed by atoms with van der Waals surface area (Å²) < 4.78 is 13.3. The van der Waals surface area contributed by atoms with Gasteiger partial charge in [0.05, 0.1) is 0 Å². The molecule has 1 fully saturated rings. The summed E-state index contributed by atoms with van der Waals surface area (Å²) in [5, 5.41) is 0. The Hall–Kier alpha value is -2.20. The van der Waals surface area contributed by atoms with Gasteiger partial charge in [0, 0.05) is 24.7 Å². The van der Waals surface area contributed by atoms with E-state index in [-0.39, 0.29) is 17.8 Å². The lowest BCUT2D eigenvalue weighted by molar-refractivity contribution is 0.0729. The fraction of sp³-hybridized carbons (Fsp3) is 0.278. The maximum absolute atomic E-state index is 13.3. The molecule has 0 aliphatic heterocycles. The van der Waals surface area contributed by atoms with Gasteiger partial charge in [-0.15, -0.1) is 0 Å². The van der Waals surface area contributed by atoms with Crippen LogP contribution in [0, 0.1) is 5.82 Å². The van der Waals surface area contributed by atoms with Crippen LogP contribution in [0.25, 0.3) is 0 Å². The second-order valence-corrected chi connectivity index (χ2v) is 5.70. The minimum absolute atomic E-state index is 0.00432. The first-order valence-electron chi connectivity index (χ1n) is 7.52. The van der Waals surface area contributed by atoms with E-state index in [2.05, 4.69) is 0 Å². The van der Waals surface area contributed by atoms with Crippen LogP contribution in [0.15, 0.2) is 48.5 Å². The van der Waals surface area contributed by atoms with Gasteiger partial charge in [-0.3, -0.25) is 4.79 Å². The van der Waals surface area contributed by atoms with Crippen molar-refractivity contribution in [2.75, 3.05) is 0 Å². The second kappa shape index (κ2) is 6.28. The topological polar surface area (TPSA) is 46.3 Å².